The van der Waals surface area contributed by atoms with Crippen LogP contribution in [-0.2, 0) is 19.1 Å². The minimum absolute atomic E-state index is 0.0632. The van der Waals surface area contributed by atoms with Gasteiger partial charge in [0, 0.05) is 12.4 Å². The van der Waals surface area contributed by atoms with Gasteiger partial charge in [0.15, 0.2) is 5.69 Å². The number of aromatic nitrogens is 2. The van der Waals surface area contributed by atoms with Gasteiger partial charge in [-0.15, -0.1) is 0 Å². The molecule has 10 nitrogen and oxygen atoms in total. The summed E-state index contributed by atoms with van der Waals surface area (Å²) in [5.41, 5.74) is -1.04. The Morgan fingerprint density at radius 2 is 1.96 bits per heavy atom. The topological polar surface area (TPSA) is 129 Å². The largest absolute Gasteiger partial charge is 0.501 e. The lowest BCUT2D eigenvalue weighted by molar-refractivity contribution is -0.141. The molecule has 0 bridgehead atoms. The van der Waals surface area contributed by atoms with Gasteiger partial charge in [-0.3, -0.25) is 9.20 Å². The molecule has 0 unspecified atom stereocenters. The lowest BCUT2D eigenvalue weighted by Crippen LogP contribution is -2.17. The van der Waals surface area contributed by atoms with Crippen molar-refractivity contribution in [2.75, 3.05) is 20.8 Å². The van der Waals surface area contributed by atoms with Gasteiger partial charge in [-0.1, -0.05) is 6.07 Å². The van der Waals surface area contributed by atoms with Gasteiger partial charge in [-0.25, -0.2) is 14.6 Å². The monoisotopic (exact) mass is 375 g/mol. The van der Waals surface area contributed by atoms with Gasteiger partial charge in [0.2, 0.25) is 11.6 Å². The van der Waals surface area contributed by atoms with Crippen LogP contribution < -0.4 is 10.3 Å². The first-order valence-electron chi connectivity index (χ1n) is 7.72. The van der Waals surface area contributed by atoms with E-state index in [1.54, 1.807) is 25.1 Å². The number of pyridine rings is 1. The number of esters is 2. The van der Waals surface area contributed by atoms with Crippen molar-refractivity contribution in [3.05, 3.63) is 46.1 Å². The standard InChI is InChI=1S/C17H17N3O7/c1-4-27-14-12(15(22)20-8-6-5-7-11(20)19-14)18-9-10(16(23)25-2)13(21)17(24)26-3/h5-9,21H,4H2,1-3H3/b13-10-,18-9?. The molecule has 1 N–H and O–H groups in total. The molecule has 0 aliphatic carbocycles. The zero-order valence-electron chi connectivity index (χ0n) is 14.8. The maximum Gasteiger partial charge on any atom is 0.374 e. The van der Waals surface area contributed by atoms with E-state index in [2.05, 4.69) is 19.5 Å². The van der Waals surface area contributed by atoms with Crippen LogP contribution in [-0.4, -0.2) is 53.5 Å². The van der Waals surface area contributed by atoms with Crippen molar-refractivity contribution < 1.29 is 28.9 Å². The average Bonchev–Trinajstić information content (AvgIpc) is 2.69. The fourth-order valence-electron chi connectivity index (χ4n) is 2.06. The highest BCUT2D eigenvalue weighted by Crippen LogP contribution is 2.21. The molecule has 2 rings (SSSR count). The number of hydrogen-bond donors (Lipinski definition) is 1. The number of aliphatic hydroxyl groups is 1. The van der Waals surface area contributed by atoms with Crippen LogP contribution in [0.5, 0.6) is 5.88 Å². The third kappa shape index (κ3) is 4.11. The molecule has 0 saturated carbocycles. The maximum atomic E-state index is 12.7. The first-order chi connectivity index (χ1) is 12.9. The summed E-state index contributed by atoms with van der Waals surface area (Å²) in [5, 5.41) is 9.85. The van der Waals surface area contributed by atoms with Crippen molar-refractivity contribution in [3.8, 4) is 5.88 Å². The molecule has 0 spiro atoms. The number of aliphatic imine (C=N–C) groups is 1. The van der Waals surface area contributed by atoms with Crippen molar-refractivity contribution in [1.82, 2.24) is 9.38 Å². The van der Waals surface area contributed by atoms with E-state index < -0.39 is 28.8 Å². The highest BCUT2D eigenvalue weighted by Gasteiger charge is 2.21. The summed E-state index contributed by atoms with van der Waals surface area (Å²) < 4.78 is 15.5. The molecule has 0 aliphatic heterocycles. The van der Waals surface area contributed by atoms with Gasteiger partial charge in [0.1, 0.15) is 11.2 Å². The predicted octanol–water partition coefficient (Wildman–Crippen LogP) is 0.954. The summed E-state index contributed by atoms with van der Waals surface area (Å²) in [6.07, 6.45) is 2.30. The summed E-state index contributed by atoms with van der Waals surface area (Å²) in [6, 6.07) is 4.94. The maximum absolute atomic E-state index is 12.7. The van der Waals surface area contributed by atoms with Crippen LogP contribution in [0.3, 0.4) is 0 Å². The third-order valence-corrected chi connectivity index (χ3v) is 3.32. The molecular weight excluding hydrogens is 358 g/mol. The van der Waals surface area contributed by atoms with E-state index in [1.807, 2.05) is 0 Å². The molecule has 0 atom stereocenters. The van der Waals surface area contributed by atoms with Crippen molar-refractivity contribution >= 4 is 29.5 Å². The van der Waals surface area contributed by atoms with E-state index in [1.165, 1.54) is 10.6 Å². The smallest absolute Gasteiger partial charge is 0.374 e. The summed E-state index contributed by atoms with van der Waals surface area (Å²) in [7, 11) is 2.08. The Kier molecular flexibility index (Phi) is 6.26. The van der Waals surface area contributed by atoms with Crippen molar-refractivity contribution in [3.63, 3.8) is 0 Å². The molecular formula is C17H17N3O7. The number of carbonyl (C=O) groups excluding carboxylic acids is 2. The Labute approximate surface area is 153 Å². The van der Waals surface area contributed by atoms with Crippen LogP contribution in [0.2, 0.25) is 0 Å². The van der Waals surface area contributed by atoms with Gasteiger partial charge in [-0.2, -0.15) is 4.98 Å². The van der Waals surface area contributed by atoms with Crippen LogP contribution >= 0.6 is 0 Å². The SMILES string of the molecule is CCOc1nc2ccccn2c(=O)c1N=C/C(C(=O)OC)=C(/O)C(=O)OC. The molecule has 27 heavy (non-hydrogen) atoms. The Balaban J connectivity index is 2.65. The molecule has 0 aliphatic rings. The number of fused-ring (bicyclic) bond motifs is 1. The highest BCUT2D eigenvalue weighted by molar-refractivity contribution is 6.14. The molecule has 2 aromatic rings. The second kappa shape index (κ2) is 8.61. The van der Waals surface area contributed by atoms with Gasteiger partial charge in [0.25, 0.3) is 5.56 Å². The number of hydrogen-bond acceptors (Lipinski definition) is 9. The van der Waals surface area contributed by atoms with Crippen LogP contribution in [0.25, 0.3) is 5.65 Å². The molecule has 0 fully saturated rings. The summed E-state index contributed by atoms with van der Waals surface area (Å²) in [6.45, 7) is 1.91. The fourth-order valence-corrected chi connectivity index (χ4v) is 2.06. The summed E-state index contributed by atoms with van der Waals surface area (Å²) in [5.74, 6) is -3.29. The van der Waals surface area contributed by atoms with Crippen molar-refractivity contribution in [2.24, 2.45) is 4.99 Å². The van der Waals surface area contributed by atoms with Gasteiger partial charge < -0.3 is 19.3 Å². The fraction of sp³-hybridized carbons (Fsp3) is 0.235. The second-order valence-electron chi connectivity index (χ2n) is 4.94. The van der Waals surface area contributed by atoms with Crippen LogP contribution in [0, 0.1) is 0 Å². The minimum Gasteiger partial charge on any atom is -0.501 e. The van der Waals surface area contributed by atoms with E-state index in [0.717, 1.165) is 20.4 Å². The predicted molar refractivity (Wildman–Crippen MR) is 94.5 cm³/mol. The van der Waals surface area contributed by atoms with E-state index >= 15 is 0 Å². The minimum atomic E-state index is -1.17. The molecule has 0 amide bonds. The average molecular weight is 375 g/mol. The van der Waals surface area contributed by atoms with E-state index in [-0.39, 0.29) is 18.2 Å². The Morgan fingerprint density at radius 3 is 2.59 bits per heavy atom. The molecule has 2 heterocycles. The van der Waals surface area contributed by atoms with Crippen molar-refractivity contribution in [2.45, 2.75) is 6.92 Å². The van der Waals surface area contributed by atoms with E-state index in [9.17, 15) is 19.5 Å². The molecule has 142 valence electrons. The van der Waals surface area contributed by atoms with Gasteiger partial charge in [-0.05, 0) is 19.1 Å². The second-order valence-corrected chi connectivity index (χ2v) is 4.94. The lowest BCUT2D eigenvalue weighted by Gasteiger charge is -2.08. The van der Waals surface area contributed by atoms with Gasteiger partial charge in [0.05, 0.1) is 20.8 Å². The van der Waals surface area contributed by atoms with E-state index in [4.69, 9.17) is 4.74 Å². The number of rotatable bonds is 6. The quantitative estimate of drug-likeness (QED) is 0.342. The third-order valence-electron chi connectivity index (χ3n) is 3.32. The number of aliphatic hydroxyl groups excluding tert-OH is 1. The zero-order chi connectivity index (χ0) is 20.0. The number of methoxy groups -OCH3 is 2. The van der Waals surface area contributed by atoms with E-state index in [0.29, 0.717) is 5.65 Å². The van der Waals surface area contributed by atoms with Gasteiger partial charge >= 0.3 is 11.9 Å². The molecule has 2 aromatic heterocycles. The molecule has 10 heteroatoms. The Morgan fingerprint density at radius 1 is 1.26 bits per heavy atom. The van der Waals surface area contributed by atoms with Crippen LogP contribution in [0.1, 0.15) is 6.92 Å². The van der Waals surface area contributed by atoms with Crippen molar-refractivity contribution in [1.29, 1.82) is 0 Å². The lowest BCUT2D eigenvalue weighted by atomic mass is 10.2. The van der Waals surface area contributed by atoms with Crippen LogP contribution in [0.4, 0.5) is 5.69 Å². The normalized spacial score (nSPS) is 12.0. The molecule has 0 saturated heterocycles. The first-order valence-corrected chi connectivity index (χ1v) is 7.72. The number of nitrogens with zero attached hydrogens (tertiary/aromatic N) is 3. The molecule has 0 aromatic carbocycles. The zero-order valence-corrected chi connectivity index (χ0v) is 14.8. The first kappa shape index (κ1) is 19.6. The summed E-state index contributed by atoms with van der Waals surface area (Å²) >= 11 is 0. The molecule has 0 radical (unpaired) electrons. The summed E-state index contributed by atoms with van der Waals surface area (Å²) in [4.78, 5) is 44.1. The van der Waals surface area contributed by atoms with Crippen LogP contribution in [0.15, 0.2) is 45.5 Å². The Hall–Kier alpha value is -3.69. The number of carbonyl (C=O) groups is 2. The number of ether oxygens (including phenoxy) is 3. The highest BCUT2D eigenvalue weighted by atomic mass is 16.5. The Bertz CT molecular complexity index is 992.